The van der Waals surface area contributed by atoms with Crippen molar-refractivity contribution >= 4 is 13.2 Å². The second-order valence-electron chi connectivity index (χ2n) is 14.4. The van der Waals surface area contributed by atoms with E-state index >= 15 is 0 Å². The van der Waals surface area contributed by atoms with E-state index in [0.29, 0.717) is 0 Å². The molecule has 51 heavy (non-hydrogen) atoms. The molecule has 2 fully saturated rings. The monoisotopic (exact) mass is 689 g/mol. The van der Waals surface area contributed by atoms with Crippen molar-refractivity contribution in [1.82, 2.24) is 4.90 Å². The minimum atomic E-state index is -1.13. The number of nitrogens with zero attached hydrogens (tertiary/aromatic N) is 1. The minimum absolute atomic E-state index is 0.286. The van der Waals surface area contributed by atoms with E-state index in [4.69, 9.17) is 28.3 Å². The van der Waals surface area contributed by atoms with Crippen LogP contribution in [0.3, 0.4) is 0 Å². The highest BCUT2D eigenvalue weighted by Gasteiger charge is 2.61. The predicted molar refractivity (Wildman–Crippen MR) is 198 cm³/mol. The Morgan fingerprint density at radius 3 is 1.41 bits per heavy atom. The van der Waals surface area contributed by atoms with Gasteiger partial charge in [-0.25, -0.2) is 4.79 Å². The molecule has 0 saturated carbocycles. The lowest BCUT2D eigenvalue weighted by molar-refractivity contribution is -0.136. The number of amides is 1. The summed E-state index contributed by atoms with van der Waals surface area (Å²) in [5, 5.41) is 0. The van der Waals surface area contributed by atoms with E-state index in [-0.39, 0.29) is 6.61 Å². The van der Waals surface area contributed by atoms with Gasteiger partial charge in [0.1, 0.15) is 34.7 Å². The number of rotatable bonds is 10. The molecule has 0 radical (unpaired) electrons. The molecule has 0 N–H and O–H groups in total. The molecule has 2 heterocycles. The van der Waals surface area contributed by atoms with Gasteiger partial charge in [-0.1, -0.05) is 133 Å². The topological polar surface area (TPSA) is 75.7 Å². The van der Waals surface area contributed by atoms with Gasteiger partial charge in [-0.3, -0.25) is 4.90 Å². The third-order valence-electron chi connectivity index (χ3n) is 9.69. The Hall–Kier alpha value is -4.25. The van der Waals surface area contributed by atoms with Crippen LogP contribution in [-0.4, -0.2) is 68.5 Å². The Morgan fingerprint density at radius 2 is 1.08 bits per heavy atom. The molecule has 9 heteroatoms. The number of hydrogen-bond donors (Lipinski definition) is 0. The number of methoxy groups -OCH3 is 2. The van der Waals surface area contributed by atoms with E-state index in [1.807, 2.05) is 119 Å². The summed E-state index contributed by atoms with van der Waals surface area (Å²) in [7, 11) is 2.56. The first kappa shape index (κ1) is 36.5. The molecule has 4 aromatic carbocycles. The summed E-state index contributed by atoms with van der Waals surface area (Å²) in [4.78, 5) is 15.1. The van der Waals surface area contributed by atoms with Gasteiger partial charge in [0.05, 0.1) is 12.6 Å². The van der Waals surface area contributed by atoms with Gasteiger partial charge in [0.25, 0.3) is 0 Å². The van der Waals surface area contributed by atoms with Gasteiger partial charge in [0, 0.05) is 14.2 Å². The Bertz CT molecular complexity index is 1580. The van der Waals surface area contributed by atoms with Crippen molar-refractivity contribution in [3.63, 3.8) is 0 Å². The van der Waals surface area contributed by atoms with E-state index in [0.717, 1.165) is 22.3 Å². The van der Waals surface area contributed by atoms with Crippen LogP contribution in [0.4, 0.5) is 4.79 Å². The average molecular weight is 690 g/mol. The van der Waals surface area contributed by atoms with Crippen molar-refractivity contribution in [2.45, 2.75) is 75.4 Å². The average Bonchev–Trinajstić information content (AvgIpc) is 3.70. The van der Waals surface area contributed by atoms with Crippen molar-refractivity contribution < 1.29 is 33.1 Å². The lowest BCUT2D eigenvalue weighted by Gasteiger charge is -2.46. The summed E-state index contributed by atoms with van der Waals surface area (Å²) in [6.45, 7) is 9.56. The molecule has 8 nitrogen and oxygen atoms in total. The van der Waals surface area contributed by atoms with Crippen LogP contribution in [-0.2, 0) is 39.5 Å². The zero-order chi connectivity index (χ0) is 36.3. The summed E-state index contributed by atoms with van der Waals surface area (Å²) < 4.78 is 39.5. The molecule has 1 amide bonds. The molecule has 0 aromatic heterocycles. The van der Waals surface area contributed by atoms with Crippen molar-refractivity contribution in [1.29, 1.82) is 0 Å². The van der Waals surface area contributed by atoms with E-state index in [1.165, 1.54) is 0 Å². The SMILES string of the molecule is COC(c1ccccc1)(c1ccccc1)[C@@H]1OB(/C=C/[C@@H]2COC(C)(C)N2C(=O)OC(C)(C)C)O[C@H]1C(OC)(c1ccccc1)c1ccccc1. The second-order valence-corrected chi connectivity index (χ2v) is 14.4. The molecule has 2 aliphatic heterocycles. The number of hydrogen-bond acceptors (Lipinski definition) is 7. The lowest BCUT2D eigenvalue weighted by atomic mass is 9.71. The Balaban J connectivity index is 1.51. The molecule has 0 bridgehead atoms. The van der Waals surface area contributed by atoms with Crippen LogP contribution < -0.4 is 0 Å². The van der Waals surface area contributed by atoms with Crippen molar-refractivity contribution in [3.05, 3.63) is 156 Å². The largest absolute Gasteiger partial charge is 0.486 e. The zero-order valence-electron chi connectivity index (χ0n) is 30.5. The first-order chi connectivity index (χ1) is 24.5. The molecule has 3 atom stereocenters. The molecular weight excluding hydrogens is 641 g/mol. The molecular formula is C42H48BNO7. The van der Waals surface area contributed by atoms with Gasteiger partial charge in [0.2, 0.25) is 0 Å². The Kier molecular flexibility index (Phi) is 10.6. The highest BCUT2D eigenvalue weighted by molar-refractivity contribution is 6.51. The van der Waals surface area contributed by atoms with Crippen molar-refractivity contribution in [2.75, 3.05) is 20.8 Å². The molecule has 2 saturated heterocycles. The molecule has 4 aromatic rings. The van der Waals surface area contributed by atoms with Gasteiger partial charge < -0.3 is 28.3 Å². The maximum atomic E-state index is 13.4. The van der Waals surface area contributed by atoms with Crippen LogP contribution in [0.1, 0.15) is 56.9 Å². The molecule has 0 spiro atoms. The summed E-state index contributed by atoms with van der Waals surface area (Å²) in [6.07, 6.45) is -0.0511. The number of benzene rings is 4. The standard InChI is InChI=1S/C42H48BNO7/c1-39(2,3)49-38(45)44-35(30-48-40(44,4)5)28-29-43-50-36(41(46-6,31-20-12-8-13-21-31)32-22-14-9-15-23-32)37(51-43)42(47-7,33-24-16-10-17-25-33)34-26-18-11-19-27-34/h8-29,35-37H,30H2,1-7H3/b29-28+/t35-,36-,37-/m1/s1. The minimum Gasteiger partial charge on any atom is -0.444 e. The van der Waals surface area contributed by atoms with Crippen LogP contribution in [0.15, 0.2) is 133 Å². The fourth-order valence-electron chi connectivity index (χ4n) is 7.47. The van der Waals surface area contributed by atoms with E-state index in [1.54, 1.807) is 19.1 Å². The van der Waals surface area contributed by atoms with Crippen LogP contribution in [0, 0.1) is 0 Å². The van der Waals surface area contributed by atoms with Crippen LogP contribution >= 0.6 is 0 Å². The van der Waals surface area contributed by atoms with E-state index in [9.17, 15) is 4.79 Å². The third-order valence-corrected chi connectivity index (χ3v) is 9.69. The first-order valence-electron chi connectivity index (χ1n) is 17.4. The normalized spacial score (nSPS) is 21.0. The maximum Gasteiger partial charge on any atom is 0.486 e. The molecule has 0 unspecified atom stereocenters. The quantitative estimate of drug-likeness (QED) is 0.157. The summed E-state index contributed by atoms with van der Waals surface area (Å²) in [5.41, 5.74) is -0.222. The van der Waals surface area contributed by atoms with Crippen molar-refractivity contribution in [2.24, 2.45) is 0 Å². The Morgan fingerprint density at radius 1 is 0.706 bits per heavy atom. The highest BCUT2D eigenvalue weighted by atomic mass is 16.7. The zero-order valence-corrected chi connectivity index (χ0v) is 30.5. The van der Waals surface area contributed by atoms with Crippen LogP contribution in [0.5, 0.6) is 0 Å². The predicted octanol–water partition coefficient (Wildman–Crippen LogP) is 7.91. The van der Waals surface area contributed by atoms with Crippen LogP contribution in [0.25, 0.3) is 0 Å². The highest BCUT2D eigenvalue weighted by Crippen LogP contribution is 2.50. The van der Waals surface area contributed by atoms with Crippen LogP contribution in [0.2, 0.25) is 0 Å². The van der Waals surface area contributed by atoms with E-state index in [2.05, 4.69) is 48.5 Å². The number of ether oxygens (including phenoxy) is 4. The molecule has 6 rings (SSSR count). The second kappa shape index (κ2) is 14.8. The van der Waals surface area contributed by atoms with Gasteiger partial charge in [-0.05, 0) is 56.9 Å². The Labute approximate surface area is 302 Å². The molecule has 0 aliphatic carbocycles. The summed E-state index contributed by atoms with van der Waals surface area (Å²) in [5.74, 6) is 1.85. The van der Waals surface area contributed by atoms with Gasteiger partial charge in [-0.15, -0.1) is 0 Å². The lowest BCUT2D eigenvalue weighted by Crippen LogP contribution is -2.56. The van der Waals surface area contributed by atoms with Gasteiger partial charge >= 0.3 is 13.2 Å². The van der Waals surface area contributed by atoms with Gasteiger partial charge in [0.15, 0.2) is 0 Å². The number of carbonyl (C=O) groups is 1. The number of carbonyl (C=O) groups excluding carboxylic acids is 1. The fraction of sp³-hybridized carbons (Fsp3) is 0.357. The summed E-state index contributed by atoms with van der Waals surface area (Å²) in [6, 6.07) is 39.9. The summed E-state index contributed by atoms with van der Waals surface area (Å²) >= 11 is 0. The first-order valence-corrected chi connectivity index (χ1v) is 17.4. The van der Waals surface area contributed by atoms with Crippen molar-refractivity contribution in [3.8, 4) is 0 Å². The third kappa shape index (κ3) is 7.01. The van der Waals surface area contributed by atoms with Gasteiger partial charge in [-0.2, -0.15) is 0 Å². The smallest absolute Gasteiger partial charge is 0.444 e. The van der Waals surface area contributed by atoms with E-state index < -0.39 is 54.0 Å². The molecule has 2 aliphatic rings. The maximum absolute atomic E-state index is 13.4. The fourth-order valence-corrected chi connectivity index (χ4v) is 7.47. The molecule has 266 valence electrons.